The van der Waals surface area contributed by atoms with Crippen LogP contribution in [0.25, 0.3) is 0 Å². The molecular formula is C19H26ClN3O2. The highest BCUT2D eigenvalue weighted by atomic mass is 35.5. The van der Waals surface area contributed by atoms with Gasteiger partial charge in [0, 0.05) is 55.3 Å². The van der Waals surface area contributed by atoms with E-state index in [1.165, 1.54) is 5.69 Å². The smallest absolute Gasteiger partial charge is 0.217 e. The fourth-order valence-corrected chi connectivity index (χ4v) is 4.77. The summed E-state index contributed by atoms with van der Waals surface area (Å²) >= 11 is 6.11. The maximum Gasteiger partial charge on any atom is 0.217 e. The molecule has 2 heterocycles. The number of carbonyl (C=O) groups excluding carboxylic acids is 1. The summed E-state index contributed by atoms with van der Waals surface area (Å²) in [7, 11) is 0. The molecule has 0 unspecified atom stereocenters. The number of hydrogen-bond acceptors (Lipinski definition) is 4. The molecule has 0 radical (unpaired) electrons. The Labute approximate surface area is 154 Å². The van der Waals surface area contributed by atoms with Crippen LogP contribution in [-0.2, 0) is 9.53 Å². The summed E-state index contributed by atoms with van der Waals surface area (Å²) < 4.78 is 5.80. The molecule has 1 aromatic rings. The van der Waals surface area contributed by atoms with E-state index >= 15 is 0 Å². The highest BCUT2D eigenvalue weighted by Crippen LogP contribution is 2.39. The van der Waals surface area contributed by atoms with Crippen molar-refractivity contribution in [2.45, 2.75) is 50.4 Å². The van der Waals surface area contributed by atoms with Gasteiger partial charge in [-0.3, -0.25) is 4.79 Å². The van der Waals surface area contributed by atoms with Crippen molar-refractivity contribution in [1.29, 1.82) is 0 Å². The Morgan fingerprint density at radius 3 is 2.76 bits per heavy atom. The van der Waals surface area contributed by atoms with Crippen molar-refractivity contribution in [2.24, 2.45) is 5.92 Å². The molecule has 1 saturated carbocycles. The zero-order valence-corrected chi connectivity index (χ0v) is 15.3. The maximum atomic E-state index is 11.5. The van der Waals surface area contributed by atoms with Crippen LogP contribution in [0.3, 0.4) is 0 Å². The molecule has 6 heteroatoms. The number of anilines is 1. The lowest BCUT2D eigenvalue weighted by atomic mass is 9.71. The van der Waals surface area contributed by atoms with E-state index in [1.807, 2.05) is 18.2 Å². The van der Waals surface area contributed by atoms with Gasteiger partial charge < -0.3 is 20.3 Å². The van der Waals surface area contributed by atoms with Gasteiger partial charge in [0.15, 0.2) is 0 Å². The highest BCUT2D eigenvalue weighted by molar-refractivity contribution is 6.30. The molecule has 4 rings (SSSR count). The molecule has 1 amide bonds. The van der Waals surface area contributed by atoms with Crippen LogP contribution in [0.4, 0.5) is 5.69 Å². The Morgan fingerprint density at radius 2 is 2.04 bits per heavy atom. The van der Waals surface area contributed by atoms with Crippen LogP contribution in [0.1, 0.15) is 26.2 Å². The van der Waals surface area contributed by atoms with E-state index in [0.29, 0.717) is 18.0 Å². The minimum atomic E-state index is 0.0292. The number of fused-ring (bicyclic) bond motifs is 1. The molecule has 2 saturated heterocycles. The van der Waals surface area contributed by atoms with Gasteiger partial charge in [-0.15, -0.1) is 0 Å². The molecule has 1 aromatic carbocycles. The Morgan fingerprint density at radius 1 is 1.24 bits per heavy atom. The van der Waals surface area contributed by atoms with Gasteiger partial charge in [-0.25, -0.2) is 0 Å². The third-order valence-electron chi connectivity index (χ3n) is 5.85. The topological polar surface area (TPSA) is 53.6 Å². The second kappa shape index (κ2) is 7.14. The van der Waals surface area contributed by atoms with Gasteiger partial charge in [0.25, 0.3) is 0 Å². The molecule has 0 bridgehead atoms. The van der Waals surface area contributed by atoms with Crippen molar-refractivity contribution in [3.8, 4) is 0 Å². The predicted molar refractivity (Wildman–Crippen MR) is 99.1 cm³/mol. The predicted octanol–water partition coefficient (Wildman–Crippen LogP) is 2.19. The zero-order chi connectivity index (χ0) is 17.4. The molecule has 25 heavy (non-hydrogen) atoms. The Hall–Kier alpha value is -1.30. The monoisotopic (exact) mass is 363 g/mol. The first-order chi connectivity index (χ1) is 12.1. The Bertz CT molecular complexity index is 633. The SMILES string of the molecule is CC(=O)N[C@@H]1[C@@H](NC2CCN(c3cccc(Cl)c3)CC2)[C@H]2CCO[C@H]21. The number of ether oxygens (including phenoxy) is 1. The fraction of sp³-hybridized carbons (Fsp3) is 0.632. The Balaban J connectivity index is 1.33. The summed E-state index contributed by atoms with van der Waals surface area (Å²) in [5.41, 5.74) is 1.20. The average molecular weight is 364 g/mol. The first-order valence-corrected chi connectivity index (χ1v) is 9.65. The van der Waals surface area contributed by atoms with Crippen LogP contribution in [-0.4, -0.2) is 49.8 Å². The normalized spacial score (nSPS) is 32.2. The molecule has 0 aromatic heterocycles. The van der Waals surface area contributed by atoms with E-state index in [4.69, 9.17) is 16.3 Å². The number of amides is 1. The van der Waals surface area contributed by atoms with Crippen molar-refractivity contribution < 1.29 is 9.53 Å². The van der Waals surface area contributed by atoms with Crippen LogP contribution in [0.15, 0.2) is 24.3 Å². The third-order valence-corrected chi connectivity index (χ3v) is 6.09. The maximum absolute atomic E-state index is 11.5. The second-order valence-corrected chi connectivity index (χ2v) is 7.88. The van der Waals surface area contributed by atoms with Crippen LogP contribution in [0, 0.1) is 5.92 Å². The first kappa shape index (κ1) is 17.1. The highest BCUT2D eigenvalue weighted by Gasteiger charge is 2.54. The van der Waals surface area contributed by atoms with Gasteiger partial charge in [-0.05, 0) is 37.5 Å². The summed E-state index contributed by atoms with van der Waals surface area (Å²) in [5.74, 6) is 0.573. The molecule has 3 aliphatic rings. The lowest BCUT2D eigenvalue weighted by molar-refractivity contribution is -0.124. The van der Waals surface area contributed by atoms with Crippen LogP contribution in [0.5, 0.6) is 0 Å². The number of carbonyl (C=O) groups is 1. The van der Waals surface area contributed by atoms with Gasteiger partial charge >= 0.3 is 0 Å². The number of nitrogens with one attached hydrogen (secondary N) is 2. The zero-order valence-electron chi connectivity index (χ0n) is 14.6. The van der Waals surface area contributed by atoms with Gasteiger partial charge in [-0.2, -0.15) is 0 Å². The van der Waals surface area contributed by atoms with Gasteiger partial charge in [0.05, 0.1) is 12.1 Å². The summed E-state index contributed by atoms with van der Waals surface area (Å²) in [6, 6.07) is 9.05. The van der Waals surface area contributed by atoms with E-state index in [9.17, 15) is 4.79 Å². The fourth-order valence-electron chi connectivity index (χ4n) is 4.59. The van der Waals surface area contributed by atoms with E-state index in [0.717, 1.165) is 44.0 Å². The summed E-state index contributed by atoms with van der Waals surface area (Å²) in [6.07, 6.45) is 3.51. The first-order valence-electron chi connectivity index (χ1n) is 9.27. The largest absolute Gasteiger partial charge is 0.376 e. The number of benzene rings is 1. The van der Waals surface area contributed by atoms with Crippen LogP contribution >= 0.6 is 11.6 Å². The van der Waals surface area contributed by atoms with Crippen molar-refractivity contribution in [2.75, 3.05) is 24.6 Å². The standard InChI is InChI=1S/C19H26ClN3O2/c1-12(24)21-18-17(16-7-10-25-19(16)18)22-14-5-8-23(9-6-14)15-4-2-3-13(20)11-15/h2-4,11,14,16-19,22H,5-10H2,1H3,(H,21,24)/t16-,17+,18-,19-/m1/s1. The van der Waals surface area contributed by atoms with Crippen molar-refractivity contribution in [1.82, 2.24) is 10.6 Å². The number of rotatable bonds is 4. The van der Waals surface area contributed by atoms with Crippen molar-refractivity contribution in [3.63, 3.8) is 0 Å². The minimum Gasteiger partial charge on any atom is -0.376 e. The van der Waals surface area contributed by atoms with E-state index in [-0.39, 0.29) is 18.1 Å². The molecule has 3 fully saturated rings. The molecule has 2 aliphatic heterocycles. The van der Waals surface area contributed by atoms with E-state index in [1.54, 1.807) is 6.92 Å². The molecule has 0 spiro atoms. The molecule has 4 atom stereocenters. The molecule has 136 valence electrons. The summed E-state index contributed by atoms with van der Waals surface area (Å²) in [4.78, 5) is 13.9. The summed E-state index contributed by atoms with van der Waals surface area (Å²) in [6.45, 7) is 4.46. The average Bonchev–Trinajstić information content (AvgIpc) is 3.03. The van der Waals surface area contributed by atoms with Crippen molar-refractivity contribution in [3.05, 3.63) is 29.3 Å². The quantitative estimate of drug-likeness (QED) is 0.861. The van der Waals surface area contributed by atoms with Gasteiger partial charge in [0.2, 0.25) is 5.91 Å². The van der Waals surface area contributed by atoms with Crippen molar-refractivity contribution >= 4 is 23.2 Å². The van der Waals surface area contributed by atoms with Crippen LogP contribution in [0.2, 0.25) is 5.02 Å². The van der Waals surface area contributed by atoms with Gasteiger partial charge in [0.1, 0.15) is 0 Å². The molecular weight excluding hydrogens is 338 g/mol. The lowest BCUT2D eigenvalue weighted by Crippen LogP contribution is -2.71. The number of nitrogens with zero attached hydrogens (tertiary/aromatic N) is 1. The number of piperidine rings is 1. The third kappa shape index (κ3) is 3.50. The lowest BCUT2D eigenvalue weighted by Gasteiger charge is -2.50. The van der Waals surface area contributed by atoms with Gasteiger partial charge in [-0.1, -0.05) is 17.7 Å². The molecule has 5 nitrogen and oxygen atoms in total. The molecule has 2 N–H and O–H groups in total. The second-order valence-electron chi connectivity index (χ2n) is 7.45. The molecule has 1 aliphatic carbocycles. The number of hydrogen-bond donors (Lipinski definition) is 2. The Kier molecular flexibility index (Phi) is 4.89. The summed E-state index contributed by atoms with van der Waals surface area (Å²) in [5, 5.41) is 7.69. The minimum absolute atomic E-state index is 0.0292. The van der Waals surface area contributed by atoms with E-state index < -0.39 is 0 Å². The van der Waals surface area contributed by atoms with Crippen LogP contribution < -0.4 is 15.5 Å². The number of halogens is 1. The van der Waals surface area contributed by atoms with E-state index in [2.05, 4.69) is 21.6 Å².